The van der Waals surface area contributed by atoms with Gasteiger partial charge in [-0.25, -0.2) is 9.78 Å². The number of anilines is 1. The third-order valence-electron chi connectivity index (χ3n) is 3.67. The summed E-state index contributed by atoms with van der Waals surface area (Å²) in [6, 6.07) is 14.4. The average Bonchev–Trinajstić information content (AvgIpc) is 3.08. The number of thiazole rings is 1. The number of carbonyl (C=O) groups is 2. The van der Waals surface area contributed by atoms with Crippen molar-refractivity contribution >= 4 is 39.1 Å². The fraction of sp³-hybridized carbons (Fsp3) is 0.167. The predicted molar refractivity (Wildman–Crippen MR) is 94.3 cm³/mol. The van der Waals surface area contributed by atoms with Gasteiger partial charge in [0.15, 0.2) is 6.10 Å². The Morgan fingerprint density at radius 3 is 2.67 bits per heavy atom. The normalized spacial score (nSPS) is 11.9. The highest BCUT2D eigenvalue weighted by atomic mass is 32.1. The number of benzene rings is 2. The second-order valence-corrected chi connectivity index (χ2v) is 6.20. The molecule has 1 aromatic heterocycles. The minimum atomic E-state index is -0.875. The van der Waals surface area contributed by atoms with Gasteiger partial charge in [0.2, 0.25) is 0 Å². The first-order valence-electron chi connectivity index (χ1n) is 7.43. The summed E-state index contributed by atoms with van der Waals surface area (Å²) in [4.78, 5) is 30.3. The summed E-state index contributed by atoms with van der Waals surface area (Å²) in [6.45, 7) is 1.57. The van der Waals surface area contributed by atoms with E-state index in [9.17, 15) is 9.59 Å². The van der Waals surface area contributed by atoms with Crippen molar-refractivity contribution in [1.82, 2.24) is 4.98 Å². The Morgan fingerprint density at radius 1 is 1.17 bits per heavy atom. The van der Waals surface area contributed by atoms with Crippen LogP contribution in [-0.2, 0) is 9.53 Å². The first kappa shape index (κ1) is 16.1. The van der Waals surface area contributed by atoms with Crippen molar-refractivity contribution in [3.63, 3.8) is 0 Å². The van der Waals surface area contributed by atoms with Gasteiger partial charge < -0.3 is 9.64 Å². The molecule has 0 spiro atoms. The molecule has 0 saturated carbocycles. The van der Waals surface area contributed by atoms with Crippen LogP contribution >= 0.6 is 11.3 Å². The molecule has 6 heteroatoms. The molecule has 1 amide bonds. The first-order valence-corrected chi connectivity index (χ1v) is 8.31. The van der Waals surface area contributed by atoms with E-state index in [2.05, 4.69) is 4.98 Å². The number of ether oxygens (including phenoxy) is 1. The van der Waals surface area contributed by atoms with Gasteiger partial charge in [-0.3, -0.25) is 4.79 Å². The van der Waals surface area contributed by atoms with Gasteiger partial charge in [-0.2, -0.15) is 0 Å². The van der Waals surface area contributed by atoms with Crippen LogP contribution in [0.25, 0.3) is 10.2 Å². The molecule has 5 nitrogen and oxygen atoms in total. The number of aromatic nitrogens is 1. The molecule has 2 aromatic carbocycles. The number of hydrogen-bond acceptors (Lipinski definition) is 5. The van der Waals surface area contributed by atoms with Crippen molar-refractivity contribution in [2.24, 2.45) is 0 Å². The van der Waals surface area contributed by atoms with Crippen molar-refractivity contribution in [2.45, 2.75) is 13.0 Å². The zero-order chi connectivity index (χ0) is 17.1. The molecule has 1 atom stereocenters. The van der Waals surface area contributed by atoms with Gasteiger partial charge in [-0.15, -0.1) is 11.3 Å². The van der Waals surface area contributed by atoms with Crippen LogP contribution in [0.2, 0.25) is 0 Å². The second kappa shape index (κ2) is 6.80. The highest BCUT2D eigenvalue weighted by molar-refractivity contribution is 7.16. The van der Waals surface area contributed by atoms with Gasteiger partial charge >= 0.3 is 5.97 Å². The molecule has 122 valence electrons. The van der Waals surface area contributed by atoms with Crippen molar-refractivity contribution < 1.29 is 14.3 Å². The molecule has 0 aliphatic carbocycles. The van der Waals surface area contributed by atoms with Crippen molar-refractivity contribution in [3.05, 3.63) is 59.6 Å². The molecule has 0 N–H and O–H groups in total. The molecule has 1 unspecified atom stereocenters. The lowest BCUT2D eigenvalue weighted by Crippen LogP contribution is -2.37. The minimum absolute atomic E-state index is 0.284. The lowest BCUT2D eigenvalue weighted by Gasteiger charge is -2.21. The molecule has 3 rings (SSSR count). The van der Waals surface area contributed by atoms with Crippen LogP contribution in [0.5, 0.6) is 0 Å². The molecule has 24 heavy (non-hydrogen) atoms. The first-order chi connectivity index (χ1) is 11.6. The summed E-state index contributed by atoms with van der Waals surface area (Å²) < 4.78 is 6.23. The predicted octanol–water partition coefficient (Wildman–Crippen LogP) is 3.50. The third kappa shape index (κ3) is 3.28. The van der Waals surface area contributed by atoms with Crippen LogP contribution in [0.3, 0.4) is 0 Å². The summed E-state index contributed by atoms with van der Waals surface area (Å²) in [5.74, 6) is -0.805. The molecule has 0 saturated heterocycles. The van der Waals surface area contributed by atoms with Crippen molar-refractivity contribution in [3.8, 4) is 0 Å². The molecule has 1 heterocycles. The Hall–Kier alpha value is -2.73. The fourth-order valence-electron chi connectivity index (χ4n) is 2.31. The lowest BCUT2D eigenvalue weighted by atomic mass is 10.2. The highest BCUT2D eigenvalue weighted by Crippen LogP contribution is 2.20. The Morgan fingerprint density at radius 2 is 1.92 bits per heavy atom. The van der Waals surface area contributed by atoms with Crippen LogP contribution < -0.4 is 4.90 Å². The Bertz CT molecular complexity index is 876. The van der Waals surface area contributed by atoms with Crippen LogP contribution in [-0.4, -0.2) is 30.0 Å². The van der Waals surface area contributed by atoms with Crippen LogP contribution in [0, 0.1) is 0 Å². The van der Waals surface area contributed by atoms with Crippen LogP contribution in [0.15, 0.2) is 54.0 Å². The number of para-hydroxylation sites is 1. The van der Waals surface area contributed by atoms with Crippen molar-refractivity contribution in [2.75, 3.05) is 11.9 Å². The summed E-state index contributed by atoms with van der Waals surface area (Å²) in [6.07, 6.45) is -0.875. The number of rotatable bonds is 4. The average molecular weight is 340 g/mol. The van der Waals surface area contributed by atoms with E-state index >= 15 is 0 Å². The van der Waals surface area contributed by atoms with E-state index < -0.39 is 12.1 Å². The second-order valence-electron chi connectivity index (χ2n) is 5.32. The zero-order valence-corrected chi connectivity index (χ0v) is 14.1. The van der Waals surface area contributed by atoms with E-state index in [1.807, 2.05) is 30.3 Å². The van der Waals surface area contributed by atoms with E-state index in [0.717, 1.165) is 15.9 Å². The topological polar surface area (TPSA) is 59.5 Å². The Balaban J connectivity index is 1.70. The van der Waals surface area contributed by atoms with Crippen molar-refractivity contribution in [1.29, 1.82) is 0 Å². The van der Waals surface area contributed by atoms with Crippen LogP contribution in [0.1, 0.15) is 17.3 Å². The van der Waals surface area contributed by atoms with Gasteiger partial charge in [-0.1, -0.05) is 18.2 Å². The van der Waals surface area contributed by atoms with Gasteiger partial charge in [0.1, 0.15) is 0 Å². The molecule has 0 fully saturated rings. The monoisotopic (exact) mass is 340 g/mol. The molecular weight excluding hydrogens is 324 g/mol. The lowest BCUT2D eigenvalue weighted by molar-refractivity contribution is -0.126. The summed E-state index contributed by atoms with van der Waals surface area (Å²) >= 11 is 1.45. The zero-order valence-electron chi connectivity index (χ0n) is 13.3. The fourth-order valence-corrected chi connectivity index (χ4v) is 3.03. The third-order valence-corrected chi connectivity index (χ3v) is 4.46. The smallest absolute Gasteiger partial charge is 0.338 e. The van der Waals surface area contributed by atoms with E-state index in [4.69, 9.17) is 4.74 Å². The van der Waals surface area contributed by atoms with E-state index in [-0.39, 0.29) is 5.91 Å². The van der Waals surface area contributed by atoms with Crippen LogP contribution in [0.4, 0.5) is 5.69 Å². The maximum atomic E-state index is 12.4. The number of hydrogen-bond donors (Lipinski definition) is 0. The van der Waals surface area contributed by atoms with E-state index in [0.29, 0.717) is 5.56 Å². The molecular formula is C18H16N2O3S. The highest BCUT2D eigenvalue weighted by Gasteiger charge is 2.23. The molecule has 0 bridgehead atoms. The SMILES string of the molecule is CC(OC(=O)c1ccc2ncsc2c1)C(=O)N(C)c1ccccc1. The molecule has 0 radical (unpaired) electrons. The molecule has 0 aliphatic heterocycles. The molecule has 3 aromatic rings. The summed E-state index contributed by atoms with van der Waals surface area (Å²) in [7, 11) is 1.66. The van der Waals surface area contributed by atoms with Gasteiger partial charge in [0.25, 0.3) is 5.91 Å². The maximum Gasteiger partial charge on any atom is 0.338 e. The van der Waals surface area contributed by atoms with E-state index in [1.165, 1.54) is 16.2 Å². The number of esters is 1. The molecule has 0 aliphatic rings. The number of amides is 1. The quantitative estimate of drug-likeness (QED) is 0.682. The Labute approximate surface area is 143 Å². The number of likely N-dealkylation sites (N-methyl/N-ethyl adjacent to an activating group) is 1. The largest absolute Gasteiger partial charge is 0.449 e. The Kier molecular flexibility index (Phi) is 4.57. The van der Waals surface area contributed by atoms with E-state index in [1.54, 1.807) is 37.7 Å². The maximum absolute atomic E-state index is 12.4. The van der Waals surface area contributed by atoms with Gasteiger partial charge in [0.05, 0.1) is 21.3 Å². The number of nitrogens with zero attached hydrogens (tertiary/aromatic N) is 2. The standard InChI is InChI=1S/C18H16N2O3S/c1-12(17(21)20(2)14-6-4-3-5-7-14)23-18(22)13-8-9-15-16(10-13)24-11-19-15/h3-12H,1-2H3. The summed E-state index contributed by atoms with van der Waals surface area (Å²) in [5, 5.41) is 0. The van der Waals surface area contributed by atoms with Gasteiger partial charge in [-0.05, 0) is 37.3 Å². The minimum Gasteiger partial charge on any atom is -0.449 e. The number of carbonyl (C=O) groups excluding carboxylic acids is 2. The number of fused-ring (bicyclic) bond motifs is 1. The van der Waals surface area contributed by atoms with Gasteiger partial charge in [0, 0.05) is 12.7 Å². The summed E-state index contributed by atoms with van der Waals surface area (Å²) in [5.41, 5.74) is 3.72.